The van der Waals surface area contributed by atoms with Gasteiger partial charge >= 0.3 is 0 Å². The van der Waals surface area contributed by atoms with Crippen LogP contribution in [0.5, 0.6) is 0 Å². The van der Waals surface area contributed by atoms with Crippen LogP contribution < -0.4 is 0 Å². The summed E-state index contributed by atoms with van der Waals surface area (Å²) in [5, 5.41) is 0. The Kier molecular flexibility index (Phi) is 11.2. The molecule has 1 nitrogen and oxygen atoms in total. The van der Waals surface area contributed by atoms with E-state index in [0.717, 1.165) is 111 Å². The molecule has 7 heteroatoms. The summed E-state index contributed by atoms with van der Waals surface area (Å²) in [6.07, 6.45) is 8.45. The van der Waals surface area contributed by atoms with E-state index in [1.807, 2.05) is 24.3 Å². The number of ether oxygens (including phenoxy) is 1. The van der Waals surface area contributed by atoms with Crippen molar-refractivity contribution in [1.82, 2.24) is 0 Å². The molecule has 0 aliphatic heterocycles. The molecule has 0 bridgehead atoms. The van der Waals surface area contributed by atoms with Gasteiger partial charge in [-0.25, -0.2) is 26.3 Å². The maximum Gasteiger partial charge on any atom is 0.194 e. The van der Waals surface area contributed by atoms with Crippen molar-refractivity contribution in [3.63, 3.8) is 0 Å². The lowest BCUT2D eigenvalue weighted by molar-refractivity contribution is 0.0261. The average Bonchev–Trinajstić information content (AvgIpc) is 3.14. The van der Waals surface area contributed by atoms with E-state index in [1.165, 1.54) is 0 Å². The van der Waals surface area contributed by atoms with Gasteiger partial charge in [-0.2, -0.15) is 0 Å². The predicted octanol–water partition coefficient (Wildman–Crippen LogP) is 12.8. The highest BCUT2D eigenvalue weighted by atomic mass is 19.2. The predicted molar refractivity (Wildman–Crippen MR) is 180 cm³/mol. The third-order valence-corrected chi connectivity index (χ3v) is 11.2. The number of benzene rings is 4. The van der Waals surface area contributed by atoms with Crippen molar-refractivity contribution in [3.8, 4) is 0 Å². The minimum absolute atomic E-state index is 0.299. The second-order valence-corrected chi connectivity index (χ2v) is 14.0. The van der Waals surface area contributed by atoms with Gasteiger partial charge in [0.1, 0.15) is 12.2 Å². The third kappa shape index (κ3) is 7.62. The normalized spacial score (nSPS) is 22.5. The van der Waals surface area contributed by atoms with Crippen LogP contribution in [-0.2, 0) is 4.74 Å². The van der Waals surface area contributed by atoms with Gasteiger partial charge in [0.15, 0.2) is 34.9 Å². The van der Waals surface area contributed by atoms with Crippen molar-refractivity contribution in [2.75, 3.05) is 0 Å². The van der Waals surface area contributed by atoms with Gasteiger partial charge in [0.2, 0.25) is 0 Å². The first kappa shape index (κ1) is 35.3. The fourth-order valence-corrected chi connectivity index (χ4v) is 7.98. The molecule has 2 fully saturated rings. The van der Waals surface area contributed by atoms with E-state index in [4.69, 9.17) is 4.74 Å². The lowest BCUT2D eigenvalue weighted by Crippen LogP contribution is -2.18. The topological polar surface area (TPSA) is 9.23 Å². The van der Waals surface area contributed by atoms with Crippen molar-refractivity contribution in [1.29, 1.82) is 0 Å². The van der Waals surface area contributed by atoms with Crippen LogP contribution in [-0.4, -0.2) is 0 Å². The molecule has 260 valence electrons. The molecule has 6 rings (SSSR count). The van der Waals surface area contributed by atoms with Crippen molar-refractivity contribution in [2.24, 2.45) is 11.8 Å². The van der Waals surface area contributed by atoms with E-state index >= 15 is 8.78 Å². The summed E-state index contributed by atoms with van der Waals surface area (Å²) < 4.78 is 95.2. The van der Waals surface area contributed by atoms with Gasteiger partial charge in [-0.1, -0.05) is 87.4 Å². The lowest BCUT2D eigenvalue weighted by Gasteiger charge is -2.30. The highest BCUT2D eigenvalue weighted by Gasteiger charge is 2.31. The Morgan fingerprint density at radius 1 is 0.469 bits per heavy atom. The highest BCUT2D eigenvalue weighted by molar-refractivity contribution is 5.38. The molecule has 0 radical (unpaired) electrons. The molecule has 2 atom stereocenters. The SMILES string of the molecule is CCC1CCC(c2ccc(C(OC(c3ccc(C4CCC(CC)CC4)cc3)c3ccc(F)c(F)c3F)c3ccc(F)c(F)c3F)cc2)CC1. The van der Waals surface area contributed by atoms with Crippen molar-refractivity contribution in [2.45, 2.75) is 102 Å². The number of hydrogen-bond donors (Lipinski definition) is 0. The zero-order valence-corrected chi connectivity index (χ0v) is 28.1. The average molecular weight is 679 g/mol. The second-order valence-electron chi connectivity index (χ2n) is 14.0. The Balaban J connectivity index is 1.38. The van der Waals surface area contributed by atoms with Crippen LogP contribution in [0.15, 0.2) is 72.8 Å². The van der Waals surface area contributed by atoms with Crippen LogP contribution in [0.4, 0.5) is 26.3 Å². The Bertz CT molecular complexity index is 1580. The van der Waals surface area contributed by atoms with Crippen LogP contribution in [0.2, 0.25) is 0 Å². The van der Waals surface area contributed by atoms with E-state index in [-0.39, 0.29) is 11.1 Å². The molecule has 0 heterocycles. The van der Waals surface area contributed by atoms with E-state index in [2.05, 4.69) is 13.8 Å². The molecule has 2 aliphatic carbocycles. The quantitative estimate of drug-likeness (QED) is 0.120. The smallest absolute Gasteiger partial charge is 0.194 e. The Hall–Kier alpha value is -3.58. The molecule has 2 unspecified atom stereocenters. The molecular weight excluding hydrogens is 634 g/mol. The molecule has 0 spiro atoms. The molecule has 0 aromatic heterocycles. The van der Waals surface area contributed by atoms with Gasteiger partial charge < -0.3 is 4.74 Å². The Morgan fingerprint density at radius 3 is 1.14 bits per heavy atom. The number of halogens is 6. The highest BCUT2D eigenvalue weighted by Crippen LogP contribution is 2.42. The summed E-state index contributed by atoms with van der Waals surface area (Å²) in [5.41, 5.74) is 2.49. The van der Waals surface area contributed by atoms with Crippen molar-refractivity contribution < 1.29 is 31.1 Å². The fraction of sp³-hybridized carbons (Fsp3) is 0.429. The standard InChI is InChI=1S/C42H44F6O/c1-3-25-5-9-27(10-6-25)29-13-17-31(18-14-29)41(33-21-23-35(43)39(47)37(33)45)49-42(34-22-24-36(44)40(48)38(34)46)32-19-15-30(16-20-32)28-11-7-26(4-2)8-12-28/h13-28,41-42H,3-12H2,1-2H3. The summed E-state index contributed by atoms with van der Waals surface area (Å²) in [4.78, 5) is 0. The summed E-state index contributed by atoms with van der Waals surface area (Å²) in [5.74, 6) is -6.71. The molecule has 0 saturated heterocycles. The molecule has 4 aromatic rings. The van der Waals surface area contributed by atoms with E-state index in [9.17, 15) is 17.6 Å². The minimum atomic E-state index is -1.66. The van der Waals surface area contributed by atoms with Crippen molar-refractivity contribution >= 4 is 0 Å². The van der Waals surface area contributed by atoms with Gasteiger partial charge in [0.05, 0.1) is 0 Å². The maximum absolute atomic E-state index is 15.5. The first-order chi connectivity index (χ1) is 23.7. The zero-order valence-electron chi connectivity index (χ0n) is 28.1. The van der Waals surface area contributed by atoms with E-state index < -0.39 is 47.1 Å². The molecule has 0 amide bonds. The van der Waals surface area contributed by atoms with E-state index in [0.29, 0.717) is 23.0 Å². The minimum Gasteiger partial charge on any atom is -0.356 e. The third-order valence-electron chi connectivity index (χ3n) is 11.2. The van der Waals surface area contributed by atoms with Crippen molar-refractivity contribution in [3.05, 3.63) is 141 Å². The molecule has 49 heavy (non-hydrogen) atoms. The van der Waals surface area contributed by atoms with Gasteiger partial charge in [-0.05, 0) is 109 Å². The molecular formula is C42H44F6O. The van der Waals surface area contributed by atoms with Crippen LogP contribution in [0.1, 0.15) is 135 Å². The number of rotatable bonds is 10. The summed E-state index contributed by atoms with van der Waals surface area (Å²) in [6, 6.07) is 18.7. The van der Waals surface area contributed by atoms with Crippen LogP contribution in [0.3, 0.4) is 0 Å². The van der Waals surface area contributed by atoms with Crippen LogP contribution in [0.25, 0.3) is 0 Å². The lowest BCUT2D eigenvalue weighted by atomic mass is 9.77. The van der Waals surface area contributed by atoms with E-state index in [1.54, 1.807) is 24.3 Å². The van der Waals surface area contributed by atoms with Crippen LogP contribution >= 0.6 is 0 Å². The first-order valence-electron chi connectivity index (χ1n) is 17.8. The monoisotopic (exact) mass is 678 g/mol. The molecule has 4 aromatic carbocycles. The number of hydrogen-bond acceptors (Lipinski definition) is 1. The van der Waals surface area contributed by atoms with Gasteiger partial charge in [-0.15, -0.1) is 0 Å². The Labute approximate surface area is 285 Å². The Morgan fingerprint density at radius 2 is 0.816 bits per heavy atom. The fourth-order valence-electron chi connectivity index (χ4n) is 7.98. The van der Waals surface area contributed by atoms with Gasteiger partial charge in [-0.3, -0.25) is 0 Å². The molecule has 2 saturated carbocycles. The summed E-state index contributed by atoms with van der Waals surface area (Å²) in [7, 11) is 0. The first-order valence-corrected chi connectivity index (χ1v) is 17.8. The molecule has 0 N–H and O–H groups in total. The summed E-state index contributed by atoms with van der Waals surface area (Å²) >= 11 is 0. The van der Waals surface area contributed by atoms with Gasteiger partial charge in [0, 0.05) is 11.1 Å². The zero-order chi connectivity index (χ0) is 34.7. The van der Waals surface area contributed by atoms with Crippen LogP contribution in [0, 0.1) is 46.7 Å². The molecule has 2 aliphatic rings. The second kappa shape index (κ2) is 15.5. The summed E-state index contributed by atoms with van der Waals surface area (Å²) in [6.45, 7) is 4.42. The maximum atomic E-state index is 15.5. The largest absolute Gasteiger partial charge is 0.356 e. The van der Waals surface area contributed by atoms with Gasteiger partial charge in [0.25, 0.3) is 0 Å².